The van der Waals surface area contributed by atoms with E-state index in [9.17, 15) is 13.2 Å². The SMILES string of the molecule is Cc1c(I)cccc1NC(C)CC(F)(F)F. The maximum atomic E-state index is 12.1. The molecule has 0 bridgehead atoms. The Bertz CT molecular complexity index is 363. The van der Waals surface area contributed by atoms with Gasteiger partial charge >= 0.3 is 6.18 Å². The molecule has 0 aliphatic carbocycles. The van der Waals surface area contributed by atoms with Crippen molar-refractivity contribution in [2.24, 2.45) is 0 Å². The monoisotopic (exact) mass is 343 g/mol. The Kier molecular flexibility index (Phi) is 4.46. The number of benzene rings is 1. The molecule has 0 saturated carbocycles. The maximum absolute atomic E-state index is 12.1. The summed E-state index contributed by atoms with van der Waals surface area (Å²) < 4.78 is 37.5. The number of hydrogen-bond acceptors (Lipinski definition) is 1. The van der Waals surface area contributed by atoms with Crippen LogP contribution in [0.1, 0.15) is 18.9 Å². The minimum absolute atomic E-state index is 0.614. The largest absolute Gasteiger partial charge is 0.391 e. The van der Waals surface area contributed by atoms with Gasteiger partial charge in [0.1, 0.15) is 0 Å². The standard InChI is InChI=1S/C11H13F3IN/c1-7(6-11(12,13)14)16-10-5-3-4-9(15)8(10)2/h3-5,7,16H,6H2,1-2H3. The van der Waals surface area contributed by atoms with Gasteiger partial charge in [0.15, 0.2) is 0 Å². The fourth-order valence-corrected chi connectivity index (χ4v) is 1.93. The van der Waals surface area contributed by atoms with E-state index in [-0.39, 0.29) is 0 Å². The molecule has 1 nitrogen and oxygen atoms in total. The van der Waals surface area contributed by atoms with Crippen LogP contribution in [0.25, 0.3) is 0 Å². The molecule has 0 aliphatic heterocycles. The molecule has 0 heterocycles. The highest BCUT2D eigenvalue weighted by molar-refractivity contribution is 14.1. The lowest BCUT2D eigenvalue weighted by Gasteiger charge is -2.18. The predicted octanol–water partition coefficient (Wildman–Crippen LogP) is 4.35. The van der Waals surface area contributed by atoms with Gasteiger partial charge in [0.25, 0.3) is 0 Å². The first-order valence-electron chi connectivity index (χ1n) is 4.88. The van der Waals surface area contributed by atoms with E-state index in [4.69, 9.17) is 0 Å². The van der Waals surface area contributed by atoms with Gasteiger partial charge in [-0.05, 0) is 54.1 Å². The Morgan fingerprint density at radius 1 is 1.38 bits per heavy atom. The van der Waals surface area contributed by atoms with Crippen molar-refractivity contribution >= 4 is 28.3 Å². The summed E-state index contributed by atoms with van der Waals surface area (Å²) in [4.78, 5) is 0. The molecule has 1 unspecified atom stereocenters. The van der Waals surface area contributed by atoms with E-state index >= 15 is 0 Å². The van der Waals surface area contributed by atoms with Crippen LogP contribution in [-0.2, 0) is 0 Å². The normalized spacial score (nSPS) is 13.6. The molecule has 0 radical (unpaired) electrons. The van der Waals surface area contributed by atoms with Crippen molar-refractivity contribution in [1.29, 1.82) is 0 Å². The van der Waals surface area contributed by atoms with E-state index < -0.39 is 18.6 Å². The number of anilines is 1. The Hall–Kier alpha value is -0.460. The van der Waals surface area contributed by atoms with Crippen molar-refractivity contribution in [3.63, 3.8) is 0 Å². The molecule has 1 aromatic rings. The van der Waals surface area contributed by atoms with Crippen LogP contribution in [0.3, 0.4) is 0 Å². The third-order valence-corrected chi connectivity index (χ3v) is 3.38. The first-order valence-corrected chi connectivity index (χ1v) is 5.96. The molecule has 16 heavy (non-hydrogen) atoms. The third-order valence-electron chi connectivity index (χ3n) is 2.21. The van der Waals surface area contributed by atoms with Gasteiger partial charge in [-0.1, -0.05) is 6.07 Å². The summed E-state index contributed by atoms with van der Waals surface area (Å²) >= 11 is 2.16. The molecule has 0 amide bonds. The molecule has 0 fully saturated rings. The second-order valence-electron chi connectivity index (χ2n) is 3.78. The Morgan fingerprint density at radius 2 is 2.00 bits per heavy atom. The van der Waals surface area contributed by atoms with Crippen LogP contribution < -0.4 is 5.32 Å². The van der Waals surface area contributed by atoms with E-state index in [1.165, 1.54) is 6.92 Å². The van der Waals surface area contributed by atoms with Gasteiger partial charge in [-0.15, -0.1) is 0 Å². The number of nitrogens with one attached hydrogen (secondary N) is 1. The molecule has 0 aromatic heterocycles. The topological polar surface area (TPSA) is 12.0 Å². The van der Waals surface area contributed by atoms with Crippen LogP contribution in [0.15, 0.2) is 18.2 Å². The molecule has 0 aliphatic rings. The van der Waals surface area contributed by atoms with E-state index in [2.05, 4.69) is 27.9 Å². The Labute approximate surface area is 107 Å². The predicted molar refractivity (Wildman–Crippen MR) is 67.7 cm³/mol. The van der Waals surface area contributed by atoms with Gasteiger partial charge in [-0.2, -0.15) is 13.2 Å². The van der Waals surface area contributed by atoms with Gasteiger partial charge in [0.05, 0.1) is 6.42 Å². The van der Waals surface area contributed by atoms with Crippen LogP contribution in [0.2, 0.25) is 0 Å². The highest BCUT2D eigenvalue weighted by Crippen LogP contribution is 2.25. The summed E-state index contributed by atoms with van der Waals surface area (Å²) in [5, 5.41) is 2.88. The molecule has 1 atom stereocenters. The lowest BCUT2D eigenvalue weighted by molar-refractivity contribution is -0.136. The highest BCUT2D eigenvalue weighted by atomic mass is 127. The van der Waals surface area contributed by atoms with Crippen LogP contribution >= 0.6 is 22.6 Å². The lowest BCUT2D eigenvalue weighted by Crippen LogP contribution is -2.24. The smallest absolute Gasteiger partial charge is 0.382 e. The van der Waals surface area contributed by atoms with Gasteiger partial charge in [-0.3, -0.25) is 0 Å². The van der Waals surface area contributed by atoms with Crippen molar-refractivity contribution in [3.8, 4) is 0 Å². The Morgan fingerprint density at radius 3 is 2.56 bits per heavy atom. The molecular formula is C11H13F3IN. The van der Waals surface area contributed by atoms with Gasteiger partial charge in [0.2, 0.25) is 0 Å². The minimum atomic E-state index is -4.12. The zero-order valence-electron chi connectivity index (χ0n) is 9.03. The van der Waals surface area contributed by atoms with Gasteiger partial charge in [-0.25, -0.2) is 0 Å². The number of alkyl halides is 3. The van der Waals surface area contributed by atoms with Gasteiger partial charge in [0, 0.05) is 15.3 Å². The second-order valence-corrected chi connectivity index (χ2v) is 4.94. The molecule has 1 rings (SSSR count). The summed E-state index contributed by atoms with van der Waals surface area (Å²) in [7, 11) is 0. The van der Waals surface area contributed by atoms with Crippen molar-refractivity contribution in [1.82, 2.24) is 0 Å². The van der Waals surface area contributed by atoms with Crippen molar-refractivity contribution < 1.29 is 13.2 Å². The fourth-order valence-electron chi connectivity index (χ4n) is 1.43. The van der Waals surface area contributed by atoms with E-state index in [1.54, 1.807) is 6.07 Å². The first kappa shape index (κ1) is 13.6. The molecule has 5 heteroatoms. The lowest BCUT2D eigenvalue weighted by atomic mass is 10.1. The third kappa shape index (κ3) is 4.19. The fraction of sp³-hybridized carbons (Fsp3) is 0.455. The zero-order valence-corrected chi connectivity index (χ0v) is 11.2. The average Bonchev–Trinajstić information content (AvgIpc) is 2.09. The summed E-state index contributed by atoms with van der Waals surface area (Å²) in [6, 6.07) is 4.94. The van der Waals surface area contributed by atoms with Gasteiger partial charge < -0.3 is 5.32 Å². The summed E-state index contributed by atoms with van der Waals surface area (Å²) in [5.41, 5.74) is 1.75. The Balaban J connectivity index is 2.70. The molecular weight excluding hydrogens is 330 g/mol. The molecule has 1 aromatic carbocycles. The van der Waals surface area contributed by atoms with E-state index in [0.29, 0.717) is 0 Å². The molecule has 0 spiro atoms. The number of halogens is 4. The molecule has 0 saturated heterocycles. The summed E-state index contributed by atoms with van der Waals surface area (Å²) in [6.45, 7) is 3.43. The first-order chi connectivity index (χ1) is 7.29. The van der Waals surface area contributed by atoms with E-state index in [0.717, 1.165) is 14.8 Å². The summed E-state index contributed by atoms with van der Waals surface area (Å²) in [5.74, 6) is 0. The average molecular weight is 343 g/mol. The summed E-state index contributed by atoms with van der Waals surface area (Å²) in [6.07, 6.45) is -4.94. The van der Waals surface area contributed by atoms with E-state index in [1.807, 2.05) is 19.1 Å². The maximum Gasteiger partial charge on any atom is 0.391 e. The van der Waals surface area contributed by atoms with Crippen LogP contribution in [0, 0.1) is 10.5 Å². The van der Waals surface area contributed by atoms with Crippen LogP contribution in [-0.4, -0.2) is 12.2 Å². The van der Waals surface area contributed by atoms with Crippen LogP contribution in [0.4, 0.5) is 18.9 Å². The number of hydrogen-bond donors (Lipinski definition) is 1. The number of rotatable bonds is 3. The highest BCUT2D eigenvalue weighted by Gasteiger charge is 2.30. The minimum Gasteiger partial charge on any atom is -0.382 e. The molecule has 1 N–H and O–H groups in total. The zero-order chi connectivity index (χ0) is 12.3. The second kappa shape index (κ2) is 5.25. The quantitative estimate of drug-likeness (QED) is 0.805. The van der Waals surface area contributed by atoms with Crippen molar-refractivity contribution in [3.05, 3.63) is 27.3 Å². The van der Waals surface area contributed by atoms with Crippen molar-refractivity contribution in [2.75, 3.05) is 5.32 Å². The van der Waals surface area contributed by atoms with Crippen LogP contribution in [0.5, 0.6) is 0 Å². The molecule has 90 valence electrons. The van der Waals surface area contributed by atoms with Crippen molar-refractivity contribution in [2.45, 2.75) is 32.5 Å².